The number of nitrogens with zero attached hydrogens (tertiary/aromatic N) is 3. The van der Waals surface area contributed by atoms with Crippen molar-refractivity contribution in [2.75, 3.05) is 44.8 Å². The second-order valence-electron chi connectivity index (χ2n) is 8.48. The number of anilines is 1. The van der Waals surface area contributed by atoms with Gasteiger partial charge in [-0.2, -0.15) is 0 Å². The lowest BCUT2D eigenvalue weighted by Crippen LogP contribution is -2.57. The average Bonchev–Trinajstić information content (AvgIpc) is 3.27. The summed E-state index contributed by atoms with van der Waals surface area (Å²) in [7, 11) is 1.34. The molecule has 0 radical (unpaired) electrons. The maximum Gasteiger partial charge on any atom is 0.339 e. The Morgan fingerprint density at radius 3 is 2.94 bits per heavy atom. The number of fused-ring (bicyclic) bond motifs is 2. The SMILES string of the molecule is COC(=O)c1cc(OCC2CCC3CN(c4noc5ccccc45)CCN3C2)ccc1Cl. The van der Waals surface area contributed by atoms with Gasteiger partial charge in [0.2, 0.25) is 0 Å². The zero-order chi connectivity index (χ0) is 22.1. The monoisotopic (exact) mass is 455 g/mol. The lowest BCUT2D eigenvalue weighted by atomic mass is 9.91. The van der Waals surface area contributed by atoms with E-state index in [9.17, 15) is 4.79 Å². The largest absolute Gasteiger partial charge is 0.493 e. The molecule has 0 N–H and O–H groups in total. The predicted octanol–water partition coefficient (Wildman–Crippen LogP) is 4.25. The molecule has 2 aliphatic heterocycles. The summed E-state index contributed by atoms with van der Waals surface area (Å²) >= 11 is 6.10. The summed E-state index contributed by atoms with van der Waals surface area (Å²) in [5, 5.41) is 5.78. The molecule has 8 heteroatoms. The number of benzene rings is 2. The van der Waals surface area contributed by atoms with Crippen molar-refractivity contribution in [2.24, 2.45) is 5.92 Å². The van der Waals surface area contributed by atoms with E-state index < -0.39 is 5.97 Å². The van der Waals surface area contributed by atoms with E-state index in [1.54, 1.807) is 18.2 Å². The zero-order valence-electron chi connectivity index (χ0n) is 18.0. The number of halogens is 1. The molecule has 2 aliphatic rings. The van der Waals surface area contributed by atoms with Crippen LogP contribution in [0.2, 0.25) is 5.02 Å². The van der Waals surface area contributed by atoms with E-state index in [1.807, 2.05) is 18.2 Å². The van der Waals surface area contributed by atoms with Crippen molar-refractivity contribution in [3.8, 4) is 5.75 Å². The fourth-order valence-corrected chi connectivity index (χ4v) is 4.96. The number of rotatable bonds is 5. The highest BCUT2D eigenvalue weighted by atomic mass is 35.5. The minimum absolute atomic E-state index is 0.326. The number of esters is 1. The number of aromatic nitrogens is 1. The Labute approximate surface area is 191 Å². The maximum atomic E-state index is 11.9. The summed E-state index contributed by atoms with van der Waals surface area (Å²) in [6.45, 7) is 4.51. The van der Waals surface area contributed by atoms with Gasteiger partial charge < -0.3 is 18.9 Å². The highest BCUT2D eigenvalue weighted by molar-refractivity contribution is 6.33. The molecule has 3 heterocycles. The Morgan fingerprint density at radius 1 is 1.19 bits per heavy atom. The molecule has 2 saturated heterocycles. The van der Waals surface area contributed by atoms with Crippen molar-refractivity contribution in [1.82, 2.24) is 10.1 Å². The van der Waals surface area contributed by atoms with Gasteiger partial charge in [-0.15, -0.1) is 0 Å². The number of carbonyl (C=O) groups is 1. The Morgan fingerprint density at radius 2 is 2.06 bits per heavy atom. The molecular formula is C24H26ClN3O4. The first-order valence-electron chi connectivity index (χ1n) is 11.0. The Hall–Kier alpha value is -2.77. The summed E-state index contributed by atoms with van der Waals surface area (Å²) in [5.41, 5.74) is 1.16. The van der Waals surface area contributed by atoms with Gasteiger partial charge in [0.1, 0.15) is 5.75 Å². The molecule has 0 aliphatic carbocycles. The van der Waals surface area contributed by atoms with Gasteiger partial charge in [0.05, 0.1) is 29.7 Å². The highest BCUT2D eigenvalue weighted by Crippen LogP contribution is 2.31. The Balaban J connectivity index is 1.18. The van der Waals surface area contributed by atoms with Crippen LogP contribution in [0.5, 0.6) is 5.75 Å². The van der Waals surface area contributed by atoms with Crippen molar-refractivity contribution < 1.29 is 18.8 Å². The van der Waals surface area contributed by atoms with Crippen LogP contribution in [0.15, 0.2) is 47.0 Å². The molecule has 1 aromatic heterocycles. The van der Waals surface area contributed by atoms with Gasteiger partial charge in [0.15, 0.2) is 11.4 Å². The summed E-state index contributed by atoms with van der Waals surface area (Å²) < 4.78 is 16.3. The van der Waals surface area contributed by atoms with Crippen molar-refractivity contribution >= 4 is 34.4 Å². The van der Waals surface area contributed by atoms with Crippen molar-refractivity contribution in [2.45, 2.75) is 18.9 Å². The quantitative estimate of drug-likeness (QED) is 0.533. The van der Waals surface area contributed by atoms with E-state index in [1.165, 1.54) is 7.11 Å². The van der Waals surface area contributed by atoms with Gasteiger partial charge in [0.25, 0.3) is 0 Å². The lowest BCUT2D eigenvalue weighted by Gasteiger charge is -2.46. The van der Waals surface area contributed by atoms with Gasteiger partial charge in [-0.1, -0.05) is 28.9 Å². The Bertz CT molecular complexity index is 1120. The summed E-state index contributed by atoms with van der Waals surface area (Å²) in [5.74, 6) is 1.58. The first-order chi connectivity index (χ1) is 15.6. The normalized spacial score (nSPS) is 21.4. The molecule has 0 amide bonds. The minimum atomic E-state index is -0.460. The fourth-order valence-electron chi connectivity index (χ4n) is 4.76. The molecule has 2 aromatic carbocycles. The van der Waals surface area contributed by atoms with E-state index in [0.717, 1.165) is 55.8 Å². The van der Waals surface area contributed by atoms with E-state index in [4.69, 9.17) is 25.6 Å². The molecule has 0 spiro atoms. The summed E-state index contributed by atoms with van der Waals surface area (Å²) in [6.07, 6.45) is 2.22. The minimum Gasteiger partial charge on any atom is -0.493 e. The fraction of sp³-hybridized carbons (Fsp3) is 0.417. The third kappa shape index (κ3) is 4.14. The second kappa shape index (κ2) is 9.00. The highest BCUT2D eigenvalue weighted by Gasteiger charge is 2.34. The van der Waals surface area contributed by atoms with Crippen LogP contribution >= 0.6 is 11.6 Å². The summed E-state index contributed by atoms with van der Waals surface area (Å²) in [4.78, 5) is 16.8. The number of carbonyl (C=O) groups excluding carboxylic acids is 1. The van der Waals surface area contributed by atoms with Crippen LogP contribution < -0.4 is 9.64 Å². The third-order valence-corrected chi connectivity index (χ3v) is 6.82. The number of piperazine rings is 1. The van der Waals surface area contributed by atoms with Crippen molar-refractivity contribution in [3.05, 3.63) is 53.1 Å². The van der Waals surface area contributed by atoms with Gasteiger partial charge in [-0.3, -0.25) is 4.90 Å². The molecule has 0 bridgehead atoms. The number of methoxy groups -OCH3 is 1. The number of hydrogen-bond donors (Lipinski definition) is 0. The molecule has 2 fully saturated rings. The van der Waals surface area contributed by atoms with E-state index in [2.05, 4.69) is 21.0 Å². The molecular weight excluding hydrogens is 430 g/mol. The number of hydrogen-bond acceptors (Lipinski definition) is 7. The van der Waals surface area contributed by atoms with Gasteiger partial charge in [-0.05, 0) is 43.2 Å². The van der Waals surface area contributed by atoms with E-state index >= 15 is 0 Å². The smallest absolute Gasteiger partial charge is 0.339 e. The topological polar surface area (TPSA) is 68.0 Å². The molecule has 168 valence electrons. The van der Waals surface area contributed by atoms with Gasteiger partial charge >= 0.3 is 5.97 Å². The first-order valence-corrected chi connectivity index (χ1v) is 11.3. The van der Waals surface area contributed by atoms with Gasteiger partial charge in [-0.25, -0.2) is 4.79 Å². The molecule has 7 nitrogen and oxygen atoms in total. The molecule has 0 saturated carbocycles. The first kappa shape index (κ1) is 21.1. The third-order valence-electron chi connectivity index (χ3n) is 6.49. The molecule has 2 unspecified atom stereocenters. The van der Waals surface area contributed by atoms with Crippen LogP contribution in [0.25, 0.3) is 11.0 Å². The van der Waals surface area contributed by atoms with Crippen LogP contribution in [0.4, 0.5) is 5.82 Å². The zero-order valence-corrected chi connectivity index (χ0v) is 18.8. The number of para-hydroxylation sites is 1. The van der Waals surface area contributed by atoms with E-state index in [0.29, 0.717) is 34.9 Å². The lowest BCUT2D eigenvalue weighted by molar-refractivity contribution is 0.0599. The number of piperidine rings is 1. The predicted molar refractivity (Wildman–Crippen MR) is 123 cm³/mol. The van der Waals surface area contributed by atoms with Crippen LogP contribution in [-0.4, -0.2) is 62.0 Å². The molecule has 5 rings (SSSR count). The van der Waals surface area contributed by atoms with Crippen LogP contribution in [-0.2, 0) is 4.74 Å². The maximum absolute atomic E-state index is 11.9. The van der Waals surface area contributed by atoms with Crippen LogP contribution in [0.1, 0.15) is 23.2 Å². The second-order valence-corrected chi connectivity index (χ2v) is 8.89. The van der Waals surface area contributed by atoms with E-state index in [-0.39, 0.29) is 0 Å². The molecule has 3 aromatic rings. The van der Waals surface area contributed by atoms with Crippen molar-refractivity contribution in [3.63, 3.8) is 0 Å². The standard InChI is InChI=1S/C24H26ClN3O4/c1-30-24(29)20-12-18(8-9-21(20)25)31-15-16-6-7-17-14-28(11-10-27(17)13-16)23-19-4-2-3-5-22(19)32-26-23/h2-5,8-9,12,16-17H,6-7,10-11,13-15H2,1H3. The van der Waals surface area contributed by atoms with Crippen LogP contribution in [0, 0.1) is 5.92 Å². The molecule has 2 atom stereocenters. The molecule has 32 heavy (non-hydrogen) atoms. The van der Waals surface area contributed by atoms with Gasteiger partial charge in [0, 0.05) is 38.1 Å². The summed E-state index contributed by atoms with van der Waals surface area (Å²) in [6, 6.07) is 13.7. The number of ether oxygens (including phenoxy) is 2. The average molecular weight is 456 g/mol. The Kier molecular flexibility index (Phi) is 5.93. The van der Waals surface area contributed by atoms with Crippen LogP contribution in [0.3, 0.4) is 0 Å². The van der Waals surface area contributed by atoms with Crippen molar-refractivity contribution in [1.29, 1.82) is 0 Å².